The van der Waals surface area contributed by atoms with E-state index >= 15 is 0 Å². The molecule has 0 fully saturated rings. The van der Waals surface area contributed by atoms with Crippen molar-refractivity contribution in [2.24, 2.45) is 17.6 Å². The smallest absolute Gasteiger partial charge is 0.312 e. The Morgan fingerprint density at radius 3 is 1.79 bits per heavy atom. The molecule has 12 heteroatoms. The van der Waals surface area contributed by atoms with Gasteiger partial charge in [0.25, 0.3) is 0 Å². The number of amides is 4. The van der Waals surface area contributed by atoms with Gasteiger partial charge in [0, 0.05) is 13.0 Å². The Kier molecular flexibility index (Phi) is 57.0. The van der Waals surface area contributed by atoms with Crippen LogP contribution in [0.3, 0.4) is 0 Å². The SMILES string of the molecule is C#CCCC(NC=O)C(C)=O.C=CCNC=O.C=O.CC.CCC(C)C.CCCCCN(C)C.CNC.NC(=O)NC(C=O)C1Cc2ccccc2C1. The number of hydrogen-bond donors (Lipinski definition) is 5. The number of rotatable bonds is 16. The summed E-state index contributed by atoms with van der Waals surface area (Å²) in [5.41, 5.74) is 7.54. The Morgan fingerprint density at radius 2 is 1.51 bits per heavy atom. The second-order valence-electron chi connectivity index (χ2n) is 11.9. The highest BCUT2D eigenvalue weighted by atomic mass is 16.2. The monoisotopic (exact) mass is 749 g/mol. The van der Waals surface area contributed by atoms with Gasteiger partial charge in [0.05, 0.1) is 12.1 Å². The first-order valence-electron chi connectivity index (χ1n) is 18.3. The number of hydrogen-bond acceptors (Lipinski definition) is 8. The summed E-state index contributed by atoms with van der Waals surface area (Å²) in [5.74, 6) is 3.35. The molecular weight excluding hydrogens is 672 g/mol. The van der Waals surface area contributed by atoms with E-state index in [2.05, 4.69) is 92.6 Å². The lowest BCUT2D eigenvalue weighted by molar-refractivity contribution is -0.121. The van der Waals surface area contributed by atoms with Crippen LogP contribution in [0.4, 0.5) is 4.79 Å². The molecule has 0 radical (unpaired) electrons. The van der Waals surface area contributed by atoms with Crippen molar-refractivity contribution in [1.82, 2.24) is 26.2 Å². The summed E-state index contributed by atoms with van der Waals surface area (Å²) in [6, 6.07) is 6.54. The molecule has 0 saturated heterocycles. The molecule has 1 aliphatic rings. The Balaban J connectivity index is -0.000000132. The fourth-order valence-corrected chi connectivity index (χ4v) is 3.80. The van der Waals surface area contributed by atoms with Crippen LogP contribution in [-0.4, -0.2) is 96.0 Å². The average Bonchev–Trinajstić information content (AvgIpc) is 3.58. The first-order chi connectivity index (χ1) is 25.3. The molecule has 0 aromatic heterocycles. The van der Waals surface area contributed by atoms with Crippen molar-refractivity contribution in [3.63, 3.8) is 0 Å². The highest BCUT2D eigenvalue weighted by molar-refractivity contribution is 5.83. The van der Waals surface area contributed by atoms with Crippen LogP contribution in [0.1, 0.15) is 98.1 Å². The zero-order valence-corrected chi connectivity index (χ0v) is 35.0. The van der Waals surface area contributed by atoms with E-state index in [1.807, 2.05) is 46.9 Å². The number of nitrogens with zero attached hydrogens (tertiary/aromatic N) is 1. The van der Waals surface area contributed by atoms with Gasteiger partial charge in [0.15, 0.2) is 5.78 Å². The lowest BCUT2D eigenvalue weighted by Crippen LogP contribution is -2.44. The summed E-state index contributed by atoms with van der Waals surface area (Å²) in [5, 5.41) is 10.0. The number of carbonyl (C=O) groups excluding carboxylic acids is 6. The maximum Gasteiger partial charge on any atom is 0.312 e. The minimum atomic E-state index is -0.645. The van der Waals surface area contributed by atoms with Gasteiger partial charge in [-0.3, -0.25) is 14.4 Å². The van der Waals surface area contributed by atoms with E-state index < -0.39 is 18.1 Å². The highest BCUT2D eigenvalue weighted by Crippen LogP contribution is 2.28. The van der Waals surface area contributed by atoms with Crippen LogP contribution in [0.25, 0.3) is 0 Å². The summed E-state index contributed by atoms with van der Waals surface area (Å²) < 4.78 is 0. The van der Waals surface area contributed by atoms with Crippen LogP contribution < -0.4 is 27.0 Å². The van der Waals surface area contributed by atoms with Crippen molar-refractivity contribution < 1.29 is 28.8 Å². The van der Waals surface area contributed by atoms with Gasteiger partial charge in [-0.25, -0.2) is 4.79 Å². The second kappa shape index (κ2) is 49.8. The van der Waals surface area contributed by atoms with Gasteiger partial charge < -0.3 is 41.5 Å². The third-order valence-corrected chi connectivity index (χ3v) is 6.75. The first kappa shape index (κ1) is 60.7. The summed E-state index contributed by atoms with van der Waals surface area (Å²) in [7, 11) is 7.99. The van der Waals surface area contributed by atoms with Crippen LogP contribution in [0.15, 0.2) is 36.9 Å². The van der Waals surface area contributed by atoms with Crippen LogP contribution in [-0.2, 0) is 36.8 Å². The summed E-state index contributed by atoms with van der Waals surface area (Å²) in [6.07, 6.45) is 16.6. The molecule has 0 spiro atoms. The lowest BCUT2D eigenvalue weighted by Gasteiger charge is -2.17. The summed E-state index contributed by atoms with van der Waals surface area (Å²) >= 11 is 0. The Hall–Kier alpha value is -4.34. The molecule has 0 saturated carbocycles. The molecule has 0 aliphatic heterocycles. The van der Waals surface area contributed by atoms with Crippen molar-refractivity contribution in [3.8, 4) is 12.3 Å². The van der Waals surface area contributed by atoms with Crippen molar-refractivity contribution in [3.05, 3.63) is 48.0 Å². The molecule has 1 aromatic carbocycles. The number of carbonyl (C=O) groups is 6. The Bertz CT molecular complexity index is 1010. The zero-order chi connectivity index (χ0) is 42.5. The number of fused-ring (bicyclic) bond motifs is 1. The number of aldehydes is 1. The fraction of sp³-hybridized carbons (Fsp3) is 0.610. The van der Waals surface area contributed by atoms with Gasteiger partial charge in [-0.2, -0.15) is 0 Å². The van der Waals surface area contributed by atoms with E-state index in [1.54, 1.807) is 6.08 Å². The predicted molar refractivity (Wildman–Crippen MR) is 223 cm³/mol. The van der Waals surface area contributed by atoms with E-state index in [-0.39, 0.29) is 11.7 Å². The molecule has 4 amide bonds. The third-order valence-electron chi connectivity index (χ3n) is 6.75. The quantitative estimate of drug-likeness (QED) is 0.0669. The zero-order valence-electron chi connectivity index (χ0n) is 35.0. The normalized spacial score (nSPS) is 11.1. The van der Waals surface area contributed by atoms with Gasteiger partial charge in [0.1, 0.15) is 13.1 Å². The van der Waals surface area contributed by atoms with E-state index in [9.17, 15) is 24.0 Å². The van der Waals surface area contributed by atoms with Crippen LogP contribution in [0, 0.1) is 24.2 Å². The molecule has 2 unspecified atom stereocenters. The molecule has 0 bridgehead atoms. The van der Waals surface area contributed by atoms with Gasteiger partial charge in [-0.15, -0.1) is 18.9 Å². The number of primary amides is 1. The van der Waals surface area contributed by atoms with E-state index in [0.717, 1.165) is 25.0 Å². The molecule has 306 valence electrons. The number of ketones is 1. The molecule has 1 aromatic rings. The third kappa shape index (κ3) is 47.7. The molecule has 53 heavy (non-hydrogen) atoms. The molecule has 6 N–H and O–H groups in total. The minimum Gasteiger partial charge on any atom is -0.355 e. The predicted octanol–water partition coefficient (Wildman–Crippen LogP) is 5.13. The van der Waals surface area contributed by atoms with E-state index in [0.29, 0.717) is 32.2 Å². The van der Waals surface area contributed by atoms with Gasteiger partial charge in [-0.05, 0) is 90.3 Å². The average molecular weight is 749 g/mol. The first-order valence-corrected chi connectivity index (χ1v) is 18.3. The molecule has 1 aliphatic carbocycles. The maximum absolute atomic E-state index is 10.9. The van der Waals surface area contributed by atoms with Crippen molar-refractivity contribution in [1.29, 1.82) is 0 Å². The lowest BCUT2D eigenvalue weighted by atomic mass is 9.98. The number of nitrogens with two attached hydrogens (primary N) is 1. The number of terminal acetylenes is 1. The van der Waals surface area contributed by atoms with E-state index in [4.69, 9.17) is 17.0 Å². The Morgan fingerprint density at radius 1 is 1.02 bits per heavy atom. The van der Waals surface area contributed by atoms with Crippen LogP contribution in [0.2, 0.25) is 0 Å². The second-order valence-corrected chi connectivity index (χ2v) is 11.9. The highest BCUT2D eigenvalue weighted by Gasteiger charge is 2.28. The number of unbranched alkanes of at least 4 members (excludes halogenated alkanes) is 2. The number of benzene rings is 1. The molecule has 2 atom stereocenters. The maximum atomic E-state index is 10.9. The Labute approximate surface area is 323 Å². The van der Waals surface area contributed by atoms with Crippen LogP contribution >= 0.6 is 0 Å². The molecule has 2 rings (SSSR count). The van der Waals surface area contributed by atoms with Crippen molar-refractivity contribution >= 4 is 37.7 Å². The van der Waals surface area contributed by atoms with Crippen molar-refractivity contribution in [2.45, 2.75) is 112 Å². The minimum absolute atomic E-state index is 0.0626. The van der Waals surface area contributed by atoms with Gasteiger partial charge in [0.2, 0.25) is 12.8 Å². The molecule has 0 heterocycles. The van der Waals surface area contributed by atoms with Crippen LogP contribution in [0.5, 0.6) is 0 Å². The summed E-state index contributed by atoms with van der Waals surface area (Å²) in [4.78, 5) is 62.0. The number of nitrogens with one attached hydrogen (secondary N) is 4. The molecular formula is C41H76N6O6. The van der Waals surface area contributed by atoms with E-state index in [1.165, 1.54) is 50.3 Å². The summed E-state index contributed by atoms with van der Waals surface area (Å²) in [6.45, 7) is 21.5. The fourth-order valence-electron chi connectivity index (χ4n) is 3.80. The standard InChI is InChI=1S/C12H14N2O2.C8H11NO2.C7H17N.C5H12.C4H7NO.C2H7N.C2H6.CH2O/c13-12(16)14-11(7-15)10-5-8-3-1-2-4-9(8)6-10;1-3-4-5-8(7(2)11)9-6-10;1-4-5-6-7-8(2)3;1-4-5(2)3;1-2-3-5-4-6;1-3-2;2*1-2/h1-4,7,10-11H,5-6H2,(H3,13,14,16);1,6,8H,4-5H2,2H3,(H,9,10);4-7H2,1-3H3;5H,4H2,1-3H3;2,4H,1,3H2,(H,5,6);3H,1-2H3;1-2H3;1H2. The van der Waals surface area contributed by atoms with Gasteiger partial charge >= 0.3 is 6.03 Å². The van der Waals surface area contributed by atoms with Crippen molar-refractivity contribution in [2.75, 3.05) is 41.3 Å². The number of urea groups is 1. The largest absolute Gasteiger partial charge is 0.355 e. The molecule has 12 nitrogen and oxygen atoms in total. The van der Waals surface area contributed by atoms with Gasteiger partial charge in [-0.1, -0.05) is 91.1 Å². The topological polar surface area (TPSA) is 180 Å². The number of Topliss-reactive ketones (excluding diaryl/α,β-unsaturated/α-hetero) is 1.